The van der Waals surface area contributed by atoms with Gasteiger partial charge in [0.15, 0.2) is 0 Å². The van der Waals surface area contributed by atoms with Crippen LogP contribution < -0.4 is 0 Å². The lowest BCUT2D eigenvalue weighted by Gasteiger charge is -1.87. The van der Waals surface area contributed by atoms with Crippen molar-refractivity contribution in [3.05, 3.63) is 16.9 Å². The summed E-state index contributed by atoms with van der Waals surface area (Å²) in [5.41, 5.74) is 0. The fourth-order valence-corrected chi connectivity index (χ4v) is 0.791. The predicted octanol–water partition coefficient (Wildman–Crippen LogP) is 1.08. The van der Waals surface area contributed by atoms with Crippen LogP contribution in [0.2, 0.25) is 0 Å². The van der Waals surface area contributed by atoms with Crippen LogP contribution >= 0.6 is 15.9 Å². The maximum atomic E-state index is 5.03. The first-order valence-corrected chi connectivity index (χ1v) is 3.16. The molecule has 0 aromatic carbocycles. The molecule has 0 aliphatic rings. The molecule has 0 atom stereocenters. The highest BCUT2D eigenvalue weighted by molar-refractivity contribution is 9.10. The molecule has 0 aliphatic carbocycles. The maximum absolute atomic E-state index is 5.03. The molecule has 9 heavy (non-hydrogen) atoms. The smallest absolute Gasteiger partial charge is 0.128 e. The molecule has 45 valence electrons. The Balaban J connectivity index is 2.76. The van der Waals surface area contributed by atoms with Crippen LogP contribution in [0.3, 0.4) is 0 Å². The molecule has 0 bridgehead atoms. The zero-order valence-corrected chi connectivity index (χ0v) is 6.22. The van der Waals surface area contributed by atoms with Crippen molar-refractivity contribution in [2.45, 2.75) is 6.54 Å². The summed E-state index contributed by atoms with van der Waals surface area (Å²) in [6.45, 7) is 0.502. The Morgan fingerprint density at radius 3 is 3.22 bits per heavy atom. The second-order valence-corrected chi connectivity index (χ2v) is 2.34. The van der Waals surface area contributed by atoms with Gasteiger partial charge in [-0.2, -0.15) is 5.10 Å². The lowest BCUT2D eigenvalue weighted by Crippen LogP contribution is -1.93. The molecule has 0 N–H and O–H groups in total. The number of hydrogen-bond donors (Lipinski definition) is 0. The Hall–Kier alpha value is -0.750. The molecule has 0 aliphatic heterocycles. The first kappa shape index (κ1) is 6.37. The van der Waals surface area contributed by atoms with Gasteiger partial charge in [0.1, 0.15) is 12.7 Å². The zero-order valence-electron chi connectivity index (χ0n) is 4.63. The van der Waals surface area contributed by atoms with E-state index >= 15 is 0 Å². The molecule has 0 spiro atoms. The van der Waals surface area contributed by atoms with Crippen molar-refractivity contribution in [2.24, 2.45) is 0 Å². The van der Waals surface area contributed by atoms with Gasteiger partial charge < -0.3 is 0 Å². The van der Waals surface area contributed by atoms with Crippen molar-refractivity contribution in [3.63, 3.8) is 0 Å². The standard InChI is InChI=1S/C6H4BrN2/c1-2-3-9-5-6(7)4-8-9/h1,5H,3H2. The van der Waals surface area contributed by atoms with Crippen LogP contribution in [-0.2, 0) is 6.54 Å². The second kappa shape index (κ2) is 2.70. The molecular formula is C6H4BrN2. The van der Waals surface area contributed by atoms with Crippen molar-refractivity contribution < 1.29 is 0 Å². The average molecular weight is 184 g/mol. The van der Waals surface area contributed by atoms with Crippen LogP contribution in [0.1, 0.15) is 0 Å². The fraction of sp³-hybridized carbons (Fsp3) is 0.167. The Bertz CT molecular complexity index is 233. The first-order chi connectivity index (χ1) is 4.33. The molecule has 1 rings (SSSR count). The molecule has 3 heteroatoms. The summed E-state index contributed by atoms with van der Waals surface area (Å²) in [5.74, 6) is 2.46. The summed E-state index contributed by atoms with van der Waals surface area (Å²) >= 11 is 3.19. The topological polar surface area (TPSA) is 17.8 Å². The van der Waals surface area contributed by atoms with Crippen molar-refractivity contribution in [1.29, 1.82) is 0 Å². The van der Waals surface area contributed by atoms with Gasteiger partial charge in [-0.15, -0.1) is 6.42 Å². The largest absolute Gasteiger partial charge is 0.259 e. The van der Waals surface area contributed by atoms with Crippen LogP contribution in [0.15, 0.2) is 10.7 Å². The highest BCUT2D eigenvalue weighted by Crippen LogP contribution is 2.04. The molecule has 2 nitrogen and oxygen atoms in total. The lowest BCUT2D eigenvalue weighted by atomic mass is 10.7. The van der Waals surface area contributed by atoms with E-state index in [1.165, 1.54) is 0 Å². The quantitative estimate of drug-likeness (QED) is 0.597. The number of hydrogen-bond acceptors (Lipinski definition) is 1. The minimum Gasteiger partial charge on any atom is -0.259 e. The SMILES string of the molecule is C#CCn1cc(Br)[c]n1. The van der Waals surface area contributed by atoms with E-state index in [9.17, 15) is 0 Å². The van der Waals surface area contributed by atoms with Crippen LogP contribution in [0.5, 0.6) is 0 Å². The number of halogens is 1. The van der Waals surface area contributed by atoms with Gasteiger partial charge in [-0.1, -0.05) is 5.92 Å². The molecule has 1 heterocycles. The Labute approximate surface area is 62.0 Å². The summed E-state index contributed by atoms with van der Waals surface area (Å²) in [4.78, 5) is 0. The van der Waals surface area contributed by atoms with Gasteiger partial charge in [-0.25, -0.2) is 0 Å². The first-order valence-electron chi connectivity index (χ1n) is 2.37. The molecule has 1 radical (unpaired) electrons. The number of terminal acetylenes is 1. The number of rotatable bonds is 1. The Morgan fingerprint density at radius 1 is 2.00 bits per heavy atom. The number of aromatic nitrogens is 2. The zero-order chi connectivity index (χ0) is 6.69. The fourth-order valence-electron chi connectivity index (χ4n) is 0.475. The second-order valence-electron chi connectivity index (χ2n) is 1.49. The highest BCUT2D eigenvalue weighted by atomic mass is 79.9. The monoisotopic (exact) mass is 183 g/mol. The normalized spacial score (nSPS) is 8.89. The summed E-state index contributed by atoms with van der Waals surface area (Å²) in [6.07, 6.45) is 9.49. The summed E-state index contributed by atoms with van der Waals surface area (Å²) < 4.78 is 2.46. The third kappa shape index (κ3) is 1.58. The van der Waals surface area contributed by atoms with E-state index in [4.69, 9.17) is 6.42 Å². The Morgan fingerprint density at radius 2 is 2.78 bits per heavy atom. The molecule has 0 amide bonds. The van der Waals surface area contributed by atoms with Gasteiger partial charge in [0.05, 0.1) is 4.47 Å². The summed E-state index contributed by atoms with van der Waals surface area (Å²) in [5, 5.41) is 3.81. The van der Waals surface area contributed by atoms with E-state index in [1.807, 2.05) is 0 Å². The van der Waals surface area contributed by atoms with E-state index in [-0.39, 0.29) is 0 Å². The van der Waals surface area contributed by atoms with Gasteiger partial charge in [0.2, 0.25) is 0 Å². The molecule has 0 unspecified atom stereocenters. The molecular weight excluding hydrogens is 180 g/mol. The van der Waals surface area contributed by atoms with E-state index in [2.05, 4.69) is 33.1 Å². The van der Waals surface area contributed by atoms with Gasteiger partial charge in [0, 0.05) is 6.20 Å². The minimum atomic E-state index is 0.502. The van der Waals surface area contributed by atoms with Gasteiger partial charge in [0.25, 0.3) is 0 Å². The van der Waals surface area contributed by atoms with Crippen LogP contribution in [0, 0.1) is 18.5 Å². The van der Waals surface area contributed by atoms with Crippen LogP contribution in [0.4, 0.5) is 0 Å². The van der Waals surface area contributed by atoms with E-state index in [0.717, 1.165) is 4.47 Å². The van der Waals surface area contributed by atoms with E-state index in [0.29, 0.717) is 6.54 Å². The molecule has 0 saturated heterocycles. The van der Waals surface area contributed by atoms with Gasteiger partial charge >= 0.3 is 0 Å². The van der Waals surface area contributed by atoms with Crippen LogP contribution in [0.25, 0.3) is 0 Å². The van der Waals surface area contributed by atoms with Crippen molar-refractivity contribution >= 4 is 15.9 Å². The third-order valence-electron chi connectivity index (χ3n) is 0.801. The predicted molar refractivity (Wildman–Crippen MR) is 37.6 cm³/mol. The molecule has 0 saturated carbocycles. The molecule has 0 fully saturated rings. The van der Waals surface area contributed by atoms with Gasteiger partial charge in [-0.3, -0.25) is 4.68 Å². The van der Waals surface area contributed by atoms with Crippen molar-refractivity contribution in [1.82, 2.24) is 9.78 Å². The van der Waals surface area contributed by atoms with Crippen LogP contribution in [-0.4, -0.2) is 9.78 Å². The Kier molecular flexibility index (Phi) is 1.91. The van der Waals surface area contributed by atoms with E-state index in [1.54, 1.807) is 10.9 Å². The average Bonchev–Trinajstić information content (AvgIpc) is 2.17. The lowest BCUT2D eigenvalue weighted by molar-refractivity contribution is 0.713. The molecule has 1 aromatic rings. The van der Waals surface area contributed by atoms with Crippen molar-refractivity contribution in [3.8, 4) is 12.3 Å². The summed E-state index contributed by atoms with van der Waals surface area (Å²) in [6, 6.07) is 0. The highest BCUT2D eigenvalue weighted by Gasteiger charge is 1.90. The van der Waals surface area contributed by atoms with E-state index < -0.39 is 0 Å². The van der Waals surface area contributed by atoms with Crippen molar-refractivity contribution in [2.75, 3.05) is 0 Å². The third-order valence-corrected chi connectivity index (χ3v) is 1.18. The van der Waals surface area contributed by atoms with Gasteiger partial charge in [-0.05, 0) is 15.9 Å². The maximum Gasteiger partial charge on any atom is 0.128 e. The minimum absolute atomic E-state index is 0.502. The summed E-state index contributed by atoms with van der Waals surface area (Å²) in [7, 11) is 0. The molecule has 1 aromatic heterocycles. The number of nitrogens with zero attached hydrogens (tertiary/aromatic N) is 2.